The van der Waals surface area contributed by atoms with Crippen LogP contribution in [0.1, 0.15) is 51.4 Å². The number of carboxylic acids is 3. The third-order valence-corrected chi connectivity index (χ3v) is 8.54. The Kier molecular flexibility index (Phi) is 29.6. The van der Waals surface area contributed by atoms with E-state index in [4.69, 9.17) is 32.4 Å². The van der Waals surface area contributed by atoms with Gasteiger partial charge in [0.05, 0.1) is 39.3 Å². The molecule has 0 aromatic heterocycles. The molecule has 0 spiro atoms. The van der Waals surface area contributed by atoms with Crippen molar-refractivity contribution in [3.63, 3.8) is 0 Å². The maximum absolute atomic E-state index is 13.5. The maximum atomic E-state index is 13.5. The molecule has 6 atom stereocenters. The SMILES string of the molecule is CNCCOCCOCCC(=O)NC(CCCN=C(N)N)C(=O)N[C@@H](CC(=O)O)C(=O)NC(CCCCN)C(=O)NC[C@H](N)C(=O)N[C@@H](CC(=O)O)C(=O)N[C@@H](CS)C(=O)O. The number of nitrogens with zero attached hydrogens (tertiary/aromatic N) is 1. The molecule has 0 aliphatic heterocycles. The summed E-state index contributed by atoms with van der Waals surface area (Å²) < 4.78 is 10.7. The molecule has 2 unspecified atom stereocenters. The van der Waals surface area contributed by atoms with Crippen LogP contribution in [0.3, 0.4) is 0 Å². The van der Waals surface area contributed by atoms with E-state index in [9.17, 15) is 58.5 Å². The second-order valence-corrected chi connectivity index (χ2v) is 13.6. The van der Waals surface area contributed by atoms with Gasteiger partial charge in [0.15, 0.2) is 5.96 Å². The minimum Gasteiger partial charge on any atom is -0.481 e. The number of rotatable bonds is 35. The summed E-state index contributed by atoms with van der Waals surface area (Å²) in [4.78, 5) is 117. The highest BCUT2D eigenvalue weighted by Crippen LogP contribution is 2.06. The first-order valence-corrected chi connectivity index (χ1v) is 19.9. The van der Waals surface area contributed by atoms with E-state index in [0.717, 1.165) is 0 Å². The second kappa shape index (κ2) is 32.4. The summed E-state index contributed by atoms with van der Waals surface area (Å²) in [7, 11) is 1.77. The Balaban J connectivity index is 5.87. The number of amides is 6. The zero-order valence-electron chi connectivity index (χ0n) is 34.0. The lowest BCUT2D eigenvalue weighted by molar-refractivity contribution is -0.143. The molecule has 0 heterocycles. The molecular weight excluding hydrogens is 833 g/mol. The number of hydrogen-bond acceptors (Lipinski definition) is 16. The van der Waals surface area contributed by atoms with E-state index in [1.165, 1.54) is 0 Å². The molecule has 0 radical (unpaired) electrons. The molecule has 0 aromatic carbocycles. The van der Waals surface area contributed by atoms with Crippen LogP contribution in [0.25, 0.3) is 0 Å². The number of nitrogens with two attached hydrogens (primary N) is 4. The predicted octanol–water partition coefficient (Wildman–Crippen LogP) is -6.36. The predicted molar refractivity (Wildman–Crippen MR) is 220 cm³/mol. The molecule has 0 rings (SSSR count). The van der Waals surface area contributed by atoms with E-state index < -0.39 is 109 Å². The minimum atomic E-state index is -1.76. The quantitative estimate of drug-likeness (QED) is 0.0122. The van der Waals surface area contributed by atoms with Crippen LogP contribution < -0.4 is 60.2 Å². The zero-order chi connectivity index (χ0) is 46.3. The highest BCUT2D eigenvalue weighted by atomic mass is 32.1. The highest BCUT2D eigenvalue weighted by Gasteiger charge is 2.32. The number of aliphatic imine (C=N–C) groups is 1. The lowest BCUT2D eigenvalue weighted by Crippen LogP contribution is -2.59. The van der Waals surface area contributed by atoms with E-state index >= 15 is 0 Å². The molecule has 26 nitrogen and oxygen atoms in total. The van der Waals surface area contributed by atoms with Gasteiger partial charge in [-0.05, 0) is 45.7 Å². The third kappa shape index (κ3) is 26.5. The van der Waals surface area contributed by atoms with Crippen LogP contribution in [-0.2, 0) is 52.6 Å². The van der Waals surface area contributed by atoms with E-state index in [1.807, 2.05) is 5.32 Å². The van der Waals surface area contributed by atoms with Crippen LogP contribution in [0.15, 0.2) is 4.99 Å². The second-order valence-electron chi connectivity index (χ2n) is 13.2. The molecular formula is C34H62N12O14S. The first-order valence-electron chi connectivity index (χ1n) is 19.2. The number of hydrogen-bond donors (Lipinski definition) is 15. The summed E-state index contributed by atoms with van der Waals surface area (Å²) in [5, 5.41) is 44.7. The van der Waals surface area contributed by atoms with Gasteiger partial charge in [0.2, 0.25) is 35.4 Å². The lowest BCUT2D eigenvalue weighted by atomic mass is 10.1. The van der Waals surface area contributed by atoms with Gasteiger partial charge in [-0.15, -0.1) is 0 Å². The van der Waals surface area contributed by atoms with Crippen molar-refractivity contribution in [3.05, 3.63) is 0 Å². The van der Waals surface area contributed by atoms with Gasteiger partial charge in [0.1, 0.15) is 36.3 Å². The molecule has 0 aliphatic carbocycles. The molecule has 27 heteroatoms. The number of nitrogens with one attached hydrogen (secondary N) is 7. The average molecular weight is 895 g/mol. The van der Waals surface area contributed by atoms with E-state index in [0.29, 0.717) is 26.2 Å². The Morgan fingerprint density at radius 3 is 1.69 bits per heavy atom. The van der Waals surface area contributed by atoms with Crippen molar-refractivity contribution >= 4 is 71.9 Å². The number of carbonyl (C=O) groups is 9. The van der Waals surface area contributed by atoms with Crippen LogP contribution >= 0.6 is 12.6 Å². The number of carbonyl (C=O) groups excluding carboxylic acids is 6. The molecule has 0 bridgehead atoms. The van der Waals surface area contributed by atoms with Gasteiger partial charge in [-0.2, -0.15) is 12.6 Å². The van der Waals surface area contributed by atoms with Gasteiger partial charge in [0, 0.05) is 31.8 Å². The highest BCUT2D eigenvalue weighted by molar-refractivity contribution is 7.80. The number of guanidine groups is 1. The summed E-state index contributed by atoms with van der Waals surface area (Å²) in [5.41, 5.74) is 22.2. The van der Waals surface area contributed by atoms with Crippen molar-refractivity contribution in [2.75, 3.05) is 65.4 Å². The largest absolute Gasteiger partial charge is 0.481 e. The summed E-state index contributed by atoms with van der Waals surface area (Å²) in [6.07, 6.45) is -1.26. The van der Waals surface area contributed by atoms with Gasteiger partial charge in [-0.25, -0.2) is 4.79 Å². The molecule has 0 aliphatic rings. The Labute approximate surface area is 357 Å². The number of thiol groups is 1. The molecule has 61 heavy (non-hydrogen) atoms. The molecule has 0 saturated carbocycles. The fraction of sp³-hybridized carbons (Fsp3) is 0.706. The molecule has 18 N–H and O–H groups in total. The van der Waals surface area contributed by atoms with Crippen molar-refractivity contribution in [1.29, 1.82) is 0 Å². The average Bonchev–Trinajstić information content (AvgIpc) is 3.19. The van der Waals surface area contributed by atoms with Crippen LogP contribution in [0.5, 0.6) is 0 Å². The van der Waals surface area contributed by atoms with E-state index in [-0.39, 0.29) is 70.1 Å². The standard InChI is InChI=1S/C34H62N12O14S/c1-39-10-12-60-14-13-59-11-7-25(47)42-21(6-4-9-40-34(37)38)30(54)45-23(16-27(50)51)31(55)43-20(5-2-3-8-35)29(53)41-17-19(36)28(52)44-22(15-26(48)49)32(56)46-24(18-61)33(57)58/h19-24,39,61H,2-18,35-36H2,1H3,(H,41,53)(H,42,47)(H,43,55)(H,44,52)(H,45,54)(H,46,56)(H,48,49)(H,50,51)(H,57,58)(H4,37,38,40)/t19-,20?,21?,22-,23-,24-/m0/s1. The maximum Gasteiger partial charge on any atom is 0.327 e. The Morgan fingerprint density at radius 2 is 1.16 bits per heavy atom. The first kappa shape index (κ1) is 55.7. The summed E-state index contributed by atoms with van der Waals surface area (Å²) in [6.45, 7) is 1.28. The molecule has 6 amide bonds. The lowest BCUT2D eigenvalue weighted by Gasteiger charge is -2.25. The summed E-state index contributed by atoms with van der Waals surface area (Å²) in [5.74, 6) is -10.8. The number of carboxylic acid groups (broad SMARTS) is 3. The van der Waals surface area contributed by atoms with Crippen LogP contribution in [0, 0.1) is 0 Å². The van der Waals surface area contributed by atoms with Gasteiger partial charge < -0.3 is 84.9 Å². The smallest absolute Gasteiger partial charge is 0.327 e. The van der Waals surface area contributed by atoms with Gasteiger partial charge in [-0.1, -0.05) is 0 Å². The first-order chi connectivity index (χ1) is 28.9. The Morgan fingerprint density at radius 1 is 0.656 bits per heavy atom. The molecule has 0 fully saturated rings. The van der Waals surface area contributed by atoms with E-state index in [1.54, 1.807) is 7.05 Å². The number of unbranched alkanes of at least 4 members (excludes halogenated alkanes) is 1. The van der Waals surface area contributed by atoms with Gasteiger partial charge in [0.25, 0.3) is 0 Å². The van der Waals surface area contributed by atoms with Gasteiger partial charge in [-0.3, -0.25) is 43.3 Å². The fourth-order valence-electron chi connectivity index (χ4n) is 4.94. The van der Waals surface area contributed by atoms with Crippen LogP contribution in [-0.4, -0.2) is 176 Å². The molecule has 348 valence electrons. The van der Waals surface area contributed by atoms with Crippen molar-refractivity contribution in [1.82, 2.24) is 37.2 Å². The third-order valence-electron chi connectivity index (χ3n) is 8.17. The number of likely N-dealkylation sites (N-methyl/N-ethyl adjacent to an activating group) is 1. The summed E-state index contributed by atoms with van der Waals surface area (Å²) >= 11 is 3.81. The van der Waals surface area contributed by atoms with Crippen molar-refractivity contribution in [2.45, 2.75) is 87.6 Å². The summed E-state index contributed by atoms with van der Waals surface area (Å²) in [6, 6.07) is -9.29. The van der Waals surface area contributed by atoms with Crippen LogP contribution in [0.4, 0.5) is 0 Å². The van der Waals surface area contributed by atoms with Crippen molar-refractivity contribution in [2.24, 2.45) is 27.9 Å². The van der Waals surface area contributed by atoms with E-state index in [2.05, 4.69) is 49.5 Å². The molecule has 0 aromatic rings. The van der Waals surface area contributed by atoms with Crippen molar-refractivity contribution < 1.29 is 67.9 Å². The molecule has 0 saturated heterocycles. The zero-order valence-corrected chi connectivity index (χ0v) is 34.9. The van der Waals surface area contributed by atoms with Crippen LogP contribution in [0.2, 0.25) is 0 Å². The number of aliphatic carboxylic acids is 3. The monoisotopic (exact) mass is 894 g/mol. The Hall–Kier alpha value is -5.35. The van der Waals surface area contributed by atoms with Crippen molar-refractivity contribution in [3.8, 4) is 0 Å². The topological polar surface area (TPSA) is 433 Å². The number of ether oxygens (including phenoxy) is 2. The Bertz CT molecular complexity index is 1470. The fourth-order valence-corrected chi connectivity index (χ4v) is 5.18. The minimum absolute atomic E-state index is 0.00904. The normalized spacial score (nSPS) is 13.8. The van der Waals surface area contributed by atoms with Gasteiger partial charge >= 0.3 is 17.9 Å².